The Morgan fingerprint density at radius 2 is 1.59 bits per heavy atom. The summed E-state index contributed by atoms with van der Waals surface area (Å²) in [6.45, 7) is 0.603. The first-order chi connectivity index (χ1) is 15.8. The molecular weight excluding hydrogens is 418 g/mol. The van der Waals surface area contributed by atoms with E-state index in [9.17, 15) is 4.79 Å². The Kier molecular flexibility index (Phi) is 7.74. The number of ether oxygens (including phenoxy) is 1. The quantitative estimate of drug-likeness (QED) is 0.348. The summed E-state index contributed by atoms with van der Waals surface area (Å²) in [5.74, 6) is -0.113. The predicted octanol–water partition coefficient (Wildman–Crippen LogP) is 5.06. The smallest absolute Gasteiger partial charge is 0.246 e. The average Bonchev–Trinajstić information content (AvgIpc) is 3.33. The van der Waals surface area contributed by atoms with E-state index in [1.807, 2.05) is 72.8 Å². The number of thiazole rings is 1. The van der Waals surface area contributed by atoms with E-state index in [4.69, 9.17) is 4.74 Å². The molecule has 0 bridgehead atoms. The van der Waals surface area contributed by atoms with E-state index < -0.39 is 0 Å². The SMILES string of the molecule is O=C(COC(c1ccccc1)c1ccccc1)NCCCc1nc(-c2ccncc2)cs1. The molecule has 1 amide bonds. The Balaban J connectivity index is 1.24. The highest BCUT2D eigenvalue weighted by atomic mass is 32.1. The van der Waals surface area contributed by atoms with Crippen molar-refractivity contribution in [3.63, 3.8) is 0 Å². The maximum absolute atomic E-state index is 12.4. The average molecular weight is 444 g/mol. The van der Waals surface area contributed by atoms with Gasteiger partial charge in [-0.2, -0.15) is 0 Å². The molecule has 2 heterocycles. The fourth-order valence-corrected chi connectivity index (χ4v) is 4.25. The minimum atomic E-state index is -0.273. The summed E-state index contributed by atoms with van der Waals surface area (Å²) >= 11 is 1.64. The maximum atomic E-state index is 12.4. The molecule has 0 saturated carbocycles. The van der Waals surface area contributed by atoms with Gasteiger partial charge in [-0.15, -0.1) is 11.3 Å². The molecule has 0 atom stereocenters. The van der Waals surface area contributed by atoms with Crippen LogP contribution in [0.3, 0.4) is 0 Å². The topological polar surface area (TPSA) is 64.1 Å². The molecule has 0 unspecified atom stereocenters. The van der Waals surface area contributed by atoms with Gasteiger partial charge < -0.3 is 10.1 Å². The van der Waals surface area contributed by atoms with Crippen molar-refractivity contribution in [1.29, 1.82) is 0 Å². The van der Waals surface area contributed by atoms with E-state index >= 15 is 0 Å². The molecule has 0 saturated heterocycles. The van der Waals surface area contributed by atoms with Crippen LogP contribution in [-0.2, 0) is 16.0 Å². The summed E-state index contributed by atoms with van der Waals surface area (Å²) in [7, 11) is 0. The molecule has 6 heteroatoms. The van der Waals surface area contributed by atoms with Gasteiger partial charge in [0.1, 0.15) is 12.7 Å². The minimum absolute atomic E-state index is 0.0118. The summed E-state index contributed by atoms with van der Waals surface area (Å²) in [6, 6.07) is 23.8. The zero-order valence-electron chi connectivity index (χ0n) is 17.7. The molecule has 0 fully saturated rings. The standard InChI is InChI=1S/C26H25N3O2S/c30-24(18-31-26(21-8-3-1-4-9-21)22-10-5-2-6-11-22)28-15-7-12-25-29-23(19-32-25)20-13-16-27-17-14-20/h1-6,8-11,13-14,16-17,19,26H,7,12,15,18H2,(H,28,30). The van der Waals surface area contributed by atoms with Gasteiger partial charge in [-0.1, -0.05) is 60.7 Å². The van der Waals surface area contributed by atoms with Crippen LogP contribution in [-0.4, -0.2) is 29.0 Å². The molecule has 5 nitrogen and oxygen atoms in total. The number of hydrogen-bond acceptors (Lipinski definition) is 5. The highest BCUT2D eigenvalue weighted by Gasteiger charge is 2.16. The molecular formula is C26H25N3O2S. The lowest BCUT2D eigenvalue weighted by Crippen LogP contribution is -2.29. The van der Waals surface area contributed by atoms with Crippen molar-refractivity contribution in [3.8, 4) is 11.3 Å². The number of pyridine rings is 1. The van der Waals surface area contributed by atoms with E-state index in [1.165, 1.54) is 0 Å². The zero-order valence-corrected chi connectivity index (χ0v) is 18.5. The van der Waals surface area contributed by atoms with Gasteiger partial charge in [0, 0.05) is 36.3 Å². The predicted molar refractivity (Wildman–Crippen MR) is 127 cm³/mol. The van der Waals surface area contributed by atoms with Gasteiger partial charge in [0.05, 0.1) is 10.7 Å². The fourth-order valence-electron chi connectivity index (χ4n) is 3.40. The number of amides is 1. The maximum Gasteiger partial charge on any atom is 0.246 e. The molecule has 0 aliphatic heterocycles. The second kappa shape index (κ2) is 11.3. The normalized spacial score (nSPS) is 10.9. The van der Waals surface area contributed by atoms with Gasteiger partial charge in [0.2, 0.25) is 5.91 Å². The molecule has 0 aliphatic rings. The summed E-state index contributed by atoms with van der Waals surface area (Å²) in [5, 5.41) is 6.08. The Morgan fingerprint density at radius 1 is 0.938 bits per heavy atom. The van der Waals surface area contributed by atoms with E-state index in [-0.39, 0.29) is 18.6 Å². The third-order valence-electron chi connectivity index (χ3n) is 5.00. The molecule has 0 spiro atoms. The monoisotopic (exact) mass is 443 g/mol. The molecule has 1 N–H and O–H groups in total. The highest BCUT2D eigenvalue weighted by molar-refractivity contribution is 7.09. The number of nitrogens with zero attached hydrogens (tertiary/aromatic N) is 2. The number of carbonyl (C=O) groups is 1. The Hall–Kier alpha value is -3.35. The number of aryl methyl sites for hydroxylation is 1. The number of hydrogen-bond donors (Lipinski definition) is 1. The van der Waals surface area contributed by atoms with Crippen LogP contribution in [0.2, 0.25) is 0 Å². The summed E-state index contributed by atoms with van der Waals surface area (Å²) in [5.41, 5.74) is 4.09. The number of rotatable bonds is 10. The molecule has 0 radical (unpaired) electrons. The van der Waals surface area contributed by atoms with Gasteiger partial charge in [-0.05, 0) is 29.7 Å². The molecule has 0 aliphatic carbocycles. The molecule has 4 rings (SSSR count). The Labute approximate surface area is 192 Å². The highest BCUT2D eigenvalue weighted by Crippen LogP contribution is 2.25. The van der Waals surface area contributed by atoms with Crippen LogP contribution in [0.4, 0.5) is 0 Å². The lowest BCUT2D eigenvalue weighted by Gasteiger charge is -2.18. The van der Waals surface area contributed by atoms with Gasteiger partial charge in [0.15, 0.2) is 0 Å². The zero-order chi connectivity index (χ0) is 22.0. The lowest BCUT2D eigenvalue weighted by atomic mass is 10.0. The second-order valence-corrected chi connectivity index (χ2v) is 8.27. The summed E-state index contributed by atoms with van der Waals surface area (Å²) < 4.78 is 6.02. The van der Waals surface area contributed by atoms with Crippen molar-refractivity contribution in [2.75, 3.05) is 13.2 Å². The molecule has 2 aromatic heterocycles. The van der Waals surface area contributed by atoms with Crippen LogP contribution in [0.1, 0.15) is 28.7 Å². The first-order valence-electron chi connectivity index (χ1n) is 10.6. The van der Waals surface area contributed by atoms with Crippen molar-refractivity contribution in [1.82, 2.24) is 15.3 Å². The lowest BCUT2D eigenvalue weighted by molar-refractivity contribution is -0.127. The van der Waals surface area contributed by atoms with E-state index in [2.05, 4.69) is 20.7 Å². The van der Waals surface area contributed by atoms with Crippen molar-refractivity contribution in [2.45, 2.75) is 18.9 Å². The third kappa shape index (κ3) is 6.09. The van der Waals surface area contributed by atoms with Crippen molar-refractivity contribution >= 4 is 17.2 Å². The van der Waals surface area contributed by atoms with Crippen molar-refractivity contribution in [3.05, 3.63) is 107 Å². The van der Waals surface area contributed by atoms with E-state index in [0.29, 0.717) is 6.54 Å². The largest absolute Gasteiger partial charge is 0.359 e. The van der Waals surface area contributed by atoms with Crippen molar-refractivity contribution in [2.24, 2.45) is 0 Å². The van der Waals surface area contributed by atoms with Crippen LogP contribution in [0.15, 0.2) is 90.6 Å². The molecule has 162 valence electrons. The molecule has 32 heavy (non-hydrogen) atoms. The van der Waals surface area contributed by atoms with Gasteiger partial charge in [-0.25, -0.2) is 4.98 Å². The number of aromatic nitrogens is 2. The van der Waals surface area contributed by atoms with Crippen LogP contribution in [0, 0.1) is 0 Å². The van der Waals surface area contributed by atoms with Crippen LogP contribution in [0.5, 0.6) is 0 Å². The summed E-state index contributed by atoms with van der Waals surface area (Å²) in [6.07, 6.45) is 4.92. The first kappa shape index (κ1) is 21.9. The minimum Gasteiger partial charge on any atom is -0.359 e. The van der Waals surface area contributed by atoms with Crippen molar-refractivity contribution < 1.29 is 9.53 Å². The van der Waals surface area contributed by atoms with Crippen LogP contribution >= 0.6 is 11.3 Å². The Morgan fingerprint density at radius 3 is 2.25 bits per heavy atom. The first-order valence-corrected chi connectivity index (χ1v) is 11.5. The van der Waals surface area contributed by atoms with Gasteiger partial charge in [-0.3, -0.25) is 9.78 Å². The van der Waals surface area contributed by atoms with Gasteiger partial charge in [0.25, 0.3) is 0 Å². The number of nitrogens with one attached hydrogen (secondary N) is 1. The fraction of sp³-hybridized carbons (Fsp3) is 0.192. The second-order valence-electron chi connectivity index (χ2n) is 7.33. The number of benzene rings is 2. The van der Waals surface area contributed by atoms with Crippen LogP contribution in [0.25, 0.3) is 11.3 Å². The molecule has 4 aromatic rings. The summed E-state index contributed by atoms with van der Waals surface area (Å²) in [4.78, 5) is 21.1. The Bertz CT molecular complexity index is 1060. The van der Waals surface area contributed by atoms with Crippen LogP contribution < -0.4 is 5.32 Å². The van der Waals surface area contributed by atoms with E-state index in [1.54, 1.807) is 23.7 Å². The number of carbonyl (C=O) groups excluding carboxylic acids is 1. The van der Waals surface area contributed by atoms with E-state index in [0.717, 1.165) is 40.2 Å². The third-order valence-corrected chi connectivity index (χ3v) is 5.91. The van der Waals surface area contributed by atoms with Gasteiger partial charge >= 0.3 is 0 Å². The molecule has 2 aromatic carbocycles.